The van der Waals surface area contributed by atoms with E-state index in [4.69, 9.17) is 0 Å². The predicted octanol–water partition coefficient (Wildman–Crippen LogP) is 3.85. The topological polar surface area (TPSA) is 74.6 Å². The number of fused-ring (bicyclic) bond motifs is 1. The predicted molar refractivity (Wildman–Crippen MR) is 111 cm³/mol. The Kier molecular flexibility index (Phi) is 5.58. The van der Waals surface area contributed by atoms with Gasteiger partial charge in [-0.05, 0) is 58.0 Å². The number of piperidine rings is 1. The molecule has 1 aromatic carbocycles. The van der Waals surface area contributed by atoms with E-state index in [0.717, 1.165) is 51.6 Å². The van der Waals surface area contributed by atoms with Crippen LogP contribution in [0.4, 0.5) is 10.1 Å². The number of benzene rings is 1. The van der Waals surface area contributed by atoms with Gasteiger partial charge >= 0.3 is 5.97 Å². The van der Waals surface area contributed by atoms with Crippen LogP contribution >= 0.6 is 0 Å². The van der Waals surface area contributed by atoms with Crippen LogP contribution in [-0.2, 0) is 0 Å². The highest BCUT2D eigenvalue weighted by Gasteiger charge is 2.24. The summed E-state index contributed by atoms with van der Waals surface area (Å²) in [6.45, 7) is 1.80. The first-order valence-corrected chi connectivity index (χ1v) is 10.5. The molecule has 29 heavy (non-hydrogen) atoms. The van der Waals surface area contributed by atoms with Gasteiger partial charge in [-0.15, -0.1) is 0 Å². The Balaban J connectivity index is 1.82. The molecule has 156 valence electrons. The number of anilines is 1. The van der Waals surface area contributed by atoms with Gasteiger partial charge in [0.1, 0.15) is 11.4 Å². The summed E-state index contributed by atoms with van der Waals surface area (Å²) < 4.78 is 16.7. The van der Waals surface area contributed by atoms with E-state index in [2.05, 4.69) is 17.3 Å². The Morgan fingerprint density at radius 3 is 2.48 bits per heavy atom. The molecule has 0 spiro atoms. The first-order valence-electron chi connectivity index (χ1n) is 10.5. The molecular formula is C22H28FN3O3. The van der Waals surface area contributed by atoms with Crippen LogP contribution in [-0.4, -0.2) is 46.7 Å². The zero-order valence-corrected chi connectivity index (χ0v) is 16.8. The molecule has 1 aliphatic carbocycles. The zero-order chi connectivity index (χ0) is 20.5. The second-order valence-electron chi connectivity index (χ2n) is 8.45. The van der Waals surface area contributed by atoms with Crippen molar-refractivity contribution in [1.29, 1.82) is 0 Å². The molecule has 1 aliphatic heterocycles. The maximum atomic E-state index is 14.8. The van der Waals surface area contributed by atoms with Crippen molar-refractivity contribution in [3.63, 3.8) is 0 Å². The van der Waals surface area contributed by atoms with Gasteiger partial charge in [0.2, 0.25) is 5.43 Å². The average Bonchev–Trinajstić information content (AvgIpc) is 2.71. The second-order valence-corrected chi connectivity index (χ2v) is 8.45. The molecule has 0 atom stereocenters. The molecule has 2 heterocycles. The number of nitrogens with zero attached hydrogens (tertiary/aromatic N) is 2. The van der Waals surface area contributed by atoms with Crippen molar-refractivity contribution in [2.45, 2.75) is 57.0 Å². The largest absolute Gasteiger partial charge is 0.477 e. The van der Waals surface area contributed by atoms with Crippen LogP contribution in [0.2, 0.25) is 0 Å². The number of rotatable bonds is 4. The summed E-state index contributed by atoms with van der Waals surface area (Å²) in [6.07, 6.45) is 8.67. The average molecular weight is 401 g/mol. The molecule has 2 aromatic rings. The summed E-state index contributed by atoms with van der Waals surface area (Å²) in [5.41, 5.74) is 0.0754. The van der Waals surface area contributed by atoms with Crippen LogP contribution in [0.5, 0.6) is 0 Å². The number of aromatic nitrogens is 1. The van der Waals surface area contributed by atoms with E-state index in [-0.39, 0.29) is 23.0 Å². The van der Waals surface area contributed by atoms with Crippen molar-refractivity contribution >= 4 is 22.6 Å². The molecular weight excluding hydrogens is 373 g/mol. The molecule has 2 fully saturated rings. The maximum absolute atomic E-state index is 14.8. The Morgan fingerprint density at radius 2 is 1.83 bits per heavy atom. The smallest absolute Gasteiger partial charge is 0.341 e. The monoisotopic (exact) mass is 401 g/mol. The summed E-state index contributed by atoms with van der Waals surface area (Å²) in [6, 6.07) is 3.23. The highest BCUT2D eigenvalue weighted by atomic mass is 19.1. The highest BCUT2D eigenvalue weighted by Crippen LogP contribution is 2.30. The van der Waals surface area contributed by atoms with E-state index in [0.29, 0.717) is 11.2 Å². The van der Waals surface area contributed by atoms with Gasteiger partial charge in [0.05, 0.1) is 11.2 Å². The zero-order valence-electron chi connectivity index (χ0n) is 16.8. The Morgan fingerprint density at radius 1 is 1.14 bits per heavy atom. The van der Waals surface area contributed by atoms with E-state index in [1.807, 2.05) is 4.57 Å². The lowest BCUT2D eigenvalue weighted by Gasteiger charge is -2.32. The molecule has 4 rings (SSSR count). The van der Waals surface area contributed by atoms with Crippen molar-refractivity contribution in [2.24, 2.45) is 0 Å². The lowest BCUT2D eigenvalue weighted by atomic mass is 9.95. The van der Waals surface area contributed by atoms with Crippen molar-refractivity contribution in [3.05, 3.63) is 39.9 Å². The summed E-state index contributed by atoms with van der Waals surface area (Å²) in [4.78, 5) is 26.6. The van der Waals surface area contributed by atoms with Gasteiger partial charge < -0.3 is 19.9 Å². The minimum Gasteiger partial charge on any atom is -0.477 e. The summed E-state index contributed by atoms with van der Waals surface area (Å²) >= 11 is 0. The number of hydrogen-bond acceptors (Lipinski definition) is 4. The van der Waals surface area contributed by atoms with Crippen LogP contribution in [0, 0.1) is 5.82 Å². The summed E-state index contributed by atoms with van der Waals surface area (Å²) in [5.74, 6) is -1.78. The van der Waals surface area contributed by atoms with Crippen molar-refractivity contribution in [1.82, 2.24) is 9.47 Å². The Bertz CT molecular complexity index is 973. The molecule has 7 heteroatoms. The second kappa shape index (κ2) is 8.14. The molecule has 6 nitrogen and oxygen atoms in total. The van der Waals surface area contributed by atoms with Crippen LogP contribution in [0.3, 0.4) is 0 Å². The summed E-state index contributed by atoms with van der Waals surface area (Å²) in [5, 5.41) is 13.0. The van der Waals surface area contributed by atoms with E-state index in [9.17, 15) is 19.1 Å². The van der Waals surface area contributed by atoms with Crippen molar-refractivity contribution in [3.8, 4) is 0 Å². The van der Waals surface area contributed by atoms with E-state index < -0.39 is 17.2 Å². The number of carboxylic acids is 1. The van der Waals surface area contributed by atoms with Crippen LogP contribution in [0.1, 0.15) is 61.3 Å². The first-order chi connectivity index (χ1) is 13.9. The number of likely N-dealkylation sites (tertiary alicyclic amines) is 1. The first kappa shape index (κ1) is 19.9. The normalized spacial score (nSPS) is 19.5. The number of hydrogen-bond donors (Lipinski definition) is 2. The van der Waals surface area contributed by atoms with Gasteiger partial charge in [-0.2, -0.15) is 0 Å². The molecule has 2 N–H and O–H groups in total. The molecule has 0 bridgehead atoms. The fraction of sp³-hybridized carbons (Fsp3) is 0.545. The molecule has 0 radical (unpaired) electrons. The fourth-order valence-corrected chi connectivity index (χ4v) is 4.67. The molecule has 1 aromatic heterocycles. The number of carbonyl (C=O) groups is 1. The lowest BCUT2D eigenvalue weighted by molar-refractivity contribution is 0.0694. The molecule has 1 saturated carbocycles. The standard InChI is InChI=1S/C22H28FN3O3/c1-25-9-7-15(8-10-25)26-13-17(22(28)29)21(27)16-11-18(23)19(12-20(16)26)24-14-5-3-2-4-6-14/h11-15,24H,2-10H2,1H3,(H,28,29). The minimum absolute atomic E-state index is 0.0837. The third-order valence-corrected chi connectivity index (χ3v) is 6.40. The summed E-state index contributed by atoms with van der Waals surface area (Å²) in [7, 11) is 2.06. The van der Waals surface area contributed by atoms with Gasteiger partial charge in [0, 0.05) is 23.7 Å². The molecule has 0 unspecified atom stereocenters. The van der Waals surface area contributed by atoms with Gasteiger partial charge in [-0.3, -0.25) is 4.79 Å². The SMILES string of the molecule is CN1CCC(n2cc(C(=O)O)c(=O)c3cc(F)c(NC4CCCCC4)cc32)CC1. The van der Waals surface area contributed by atoms with Crippen LogP contribution in [0.15, 0.2) is 23.1 Å². The van der Waals surface area contributed by atoms with Gasteiger partial charge in [0.25, 0.3) is 0 Å². The number of aromatic carboxylic acids is 1. The minimum atomic E-state index is -1.27. The third kappa shape index (κ3) is 4.01. The number of carboxylic acid groups (broad SMARTS) is 1. The van der Waals surface area contributed by atoms with Crippen LogP contribution in [0.25, 0.3) is 10.9 Å². The Hall–Kier alpha value is -2.41. The van der Waals surface area contributed by atoms with Crippen molar-refractivity contribution < 1.29 is 14.3 Å². The number of halogens is 1. The van der Waals surface area contributed by atoms with Gasteiger partial charge in [0.15, 0.2) is 0 Å². The molecule has 0 amide bonds. The van der Waals surface area contributed by atoms with E-state index >= 15 is 0 Å². The quantitative estimate of drug-likeness (QED) is 0.814. The molecule has 1 saturated heterocycles. The maximum Gasteiger partial charge on any atom is 0.341 e. The fourth-order valence-electron chi connectivity index (χ4n) is 4.67. The van der Waals surface area contributed by atoms with Crippen molar-refractivity contribution in [2.75, 3.05) is 25.5 Å². The van der Waals surface area contributed by atoms with E-state index in [1.54, 1.807) is 6.07 Å². The lowest BCUT2D eigenvalue weighted by Crippen LogP contribution is -2.32. The Labute approximate surface area is 169 Å². The highest BCUT2D eigenvalue weighted by molar-refractivity contribution is 5.93. The van der Waals surface area contributed by atoms with Gasteiger partial charge in [-0.1, -0.05) is 19.3 Å². The number of pyridine rings is 1. The van der Waals surface area contributed by atoms with E-state index in [1.165, 1.54) is 18.7 Å². The molecule has 2 aliphatic rings. The number of nitrogens with one attached hydrogen (secondary N) is 1. The van der Waals surface area contributed by atoms with Crippen LogP contribution < -0.4 is 10.7 Å². The van der Waals surface area contributed by atoms with Gasteiger partial charge in [-0.25, -0.2) is 9.18 Å². The third-order valence-electron chi connectivity index (χ3n) is 6.40.